The van der Waals surface area contributed by atoms with Crippen molar-refractivity contribution in [1.29, 1.82) is 0 Å². The first-order chi connectivity index (χ1) is 13.0. The van der Waals surface area contributed by atoms with Crippen molar-refractivity contribution in [2.75, 3.05) is 17.1 Å². The Morgan fingerprint density at radius 2 is 1.74 bits per heavy atom. The lowest BCUT2D eigenvalue weighted by molar-refractivity contribution is 0.414. The fourth-order valence-corrected chi connectivity index (χ4v) is 3.81. The molecular formula is C20H21N3O3S. The average molecular weight is 383 g/mol. The summed E-state index contributed by atoms with van der Waals surface area (Å²) in [4.78, 5) is 4.43. The highest BCUT2D eigenvalue weighted by Gasteiger charge is 2.16. The van der Waals surface area contributed by atoms with Crippen LogP contribution in [-0.2, 0) is 16.6 Å². The molecule has 0 amide bonds. The van der Waals surface area contributed by atoms with Gasteiger partial charge in [0.15, 0.2) is 0 Å². The molecule has 6 nitrogen and oxygen atoms in total. The number of aryl methyl sites for hydroxylation is 1. The summed E-state index contributed by atoms with van der Waals surface area (Å²) in [6, 6.07) is 18.0. The van der Waals surface area contributed by atoms with Gasteiger partial charge in [0.05, 0.1) is 23.9 Å². The first-order valence-electron chi connectivity index (χ1n) is 8.39. The van der Waals surface area contributed by atoms with Gasteiger partial charge in [-0.05, 0) is 48.4 Å². The lowest BCUT2D eigenvalue weighted by atomic mass is 10.2. The number of nitrogens with zero attached hydrogens (tertiary/aromatic N) is 1. The first kappa shape index (κ1) is 18.7. The van der Waals surface area contributed by atoms with E-state index in [0.29, 0.717) is 12.1 Å². The van der Waals surface area contributed by atoms with Gasteiger partial charge in [0.1, 0.15) is 11.6 Å². The van der Waals surface area contributed by atoms with Gasteiger partial charge in [-0.3, -0.25) is 4.72 Å². The second kappa shape index (κ2) is 8.09. The largest absolute Gasteiger partial charge is 0.497 e. The standard InChI is InChI=1S/C20H21N3O3S/c1-15-5-3-4-6-19(15)27(24,25)23-20-12-9-17(14-22-20)21-13-16-7-10-18(26-2)11-8-16/h3-12,14,21H,13H2,1-2H3,(H,22,23). The highest BCUT2D eigenvalue weighted by atomic mass is 32.2. The normalized spacial score (nSPS) is 11.0. The third-order valence-corrected chi connectivity index (χ3v) is 5.56. The Bertz CT molecular complexity index is 1000. The van der Waals surface area contributed by atoms with Gasteiger partial charge >= 0.3 is 0 Å². The summed E-state index contributed by atoms with van der Waals surface area (Å²) in [6.07, 6.45) is 1.60. The Kier molecular flexibility index (Phi) is 5.61. The van der Waals surface area contributed by atoms with Crippen LogP contribution in [-0.4, -0.2) is 20.5 Å². The summed E-state index contributed by atoms with van der Waals surface area (Å²) in [6.45, 7) is 2.38. The molecular weight excluding hydrogens is 362 g/mol. The maximum absolute atomic E-state index is 12.5. The molecule has 0 spiro atoms. The Balaban J connectivity index is 1.64. The number of pyridine rings is 1. The monoisotopic (exact) mass is 383 g/mol. The molecule has 0 radical (unpaired) electrons. The number of ether oxygens (including phenoxy) is 1. The minimum atomic E-state index is -3.66. The van der Waals surface area contributed by atoms with Crippen molar-refractivity contribution in [2.24, 2.45) is 0 Å². The predicted octanol–water partition coefficient (Wildman–Crippen LogP) is 3.81. The van der Waals surface area contributed by atoms with Crippen molar-refractivity contribution >= 4 is 21.5 Å². The highest BCUT2D eigenvalue weighted by molar-refractivity contribution is 7.92. The molecule has 0 aliphatic rings. The van der Waals surface area contributed by atoms with Crippen LogP contribution in [0.3, 0.4) is 0 Å². The maximum Gasteiger partial charge on any atom is 0.263 e. The van der Waals surface area contributed by atoms with Gasteiger partial charge in [0.2, 0.25) is 0 Å². The van der Waals surface area contributed by atoms with E-state index in [4.69, 9.17) is 4.74 Å². The number of benzene rings is 2. The van der Waals surface area contributed by atoms with Gasteiger partial charge < -0.3 is 10.1 Å². The number of rotatable bonds is 7. The van der Waals surface area contributed by atoms with E-state index in [2.05, 4.69) is 15.0 Å². The Labute approximate surface area is 159 Å². The fraction of sp³-hybridized carbons (Fsp3) is 0.150. The van der Waals surface area contributed by atoms with Gasteiger partial charge in [-0.15, -0.1) is 0 Å². The molecule has 27 heavy (non-hydrogen) atoms. The minimum absolute atomic E-state index is 0.244. The number of nitrogens with one attached hydrogen (secondary N) is 2. The van der Waals surface area contributed by atoms with Crippen LogP contribution in [0.4, 0.5) is 11.5 Å². The SMILES string of the molecule is COc1ccc(CNc2ccc(NS(=O)(=O)c3ccccc3C)nc2)cc1. The second-order valence-electron chi connectivity index (χ2n) is 6.00. The Morgan fingerprint density at radius 1 is 1.00 bits per heavy atom. The molecule has 3 aromatic rings. The fourth-order valence-electron chi connectivity index (χ4n) is 2.56. The summed E-state index contributed by atoms with van der Waals surface area (Å²) in [7, 11) is -2.03. The predicted molar refractivity (Wildman–Crippen MR) is 107 cm³/mol. The van der Waals surface area contributed by atoms with Crippen molar-refractivity contribution in [3.63, 3.8) is 0 Å². The van der Waals surface area contributed by atoms with Gasteiger partial charge in [-0.25, -0.2) is 13.4 Å². The van der Waals surface area contributed by atoms with Crippen molar-refractivity contribution < 1.29 is 13.2 Å². The molecule has 0 bridgehead atoms. The molecule has 0 aliphatic heterocycles. The minimum Gasteiger partial charge on any atom is -0.497 e. The smallest absolute Gasteiger partial charge is 0.263 e. The van der Waals surface area contributed by atoms with E-state index in [-0.39, 0.29) is 10.7 Å². The van der Waals surface area contributed by atoms with Crippen LogP contribution in [0.1, 0.15) is 11.1 Å². The molecule has 2 aromatic carbocycles. The van der Waals surface area contributed by atoms with Crippen molar-refractivity contribution in [2.45, 2.75) is 18.4 Å². The first-order valence-corrected chi connectivity index (χ1v) is 9.87. The van der Waals surface area contributed by atoms with E-state index in [1.807, 2.05) is 24.3 Å². The summed E-state index contributed by atoms with van der Waals surface area (Å²) in [5.41, 5.74) is 2.58. The summed E-state index contributed by atoms with van der Waals surface area (Å²) < 4.78 is 32.6. The van der Waals surface area contributed by atoms with Crippen LogP contribution in [0.15, 0.2) is 71.8 Å². The molecule has 1 aromatic heterocycles. The van der Waals surface area contributed by atoms with Crippen molar-refractivity contribution in [3.05, 3.63) is 78.0 Å². The van der Waals surface area contributed by atoms with Gasteiger partial charge in [-0.2, -0.15) is 0 Å². The summed E-state index contributed by atoms with van der Waals surface area (Å²) in [5.74, 6) is 1.08. The van der Waals surface area contributed by atoms with Gasteiger partial charge in [0.25, 0.3) is 10.0 Å². The zero-order valence-electron chi connectivity index (χ0n) is 15.1. The highest BCUT2D eigenvalue weighted by Crippen LogP contribution is 2.19. The number of hydrogen-bond donors (Lipinski definition) is 2. The van der Waals surface area contributed by atoms with E-state index in [0.717, 1.165) is 17.0 Å². The molecule has 0 fully saturated rings. The molecule has 3 rings (SSSR count). The van der Waals surface area contributed by atoms with E-state index >= 15 is 0 Å². The van der Waals surface area contributed by atoms with Crippen LogP contribution >= 0.6 is 0 Å². The van der Waals surface area contributed by atoms with E-state index in [9.17, 15) is 8.42 Å². The van der Waals surface area contributed by atoms with Gasteiger partial charge in [-0.1, -0.05) is 30.3 Å². The third kappa shape index (κ3) is 4.77. The number of anilines is 2. The second-order valence-corrected chi connectivity index (χ2v) is 7.66. The molecule has 0 atom stereocenters. The summed E-state index contributed by atoms with van der Waals surface area (Å²) in [5, 5.41) is 3.25. The molecule has 7 heteroatoms. The van der Waals surface area contributed by atoms with E-state index in [1.165, 1.54) is 0 Å². The van der Waals surface area contributed by atoms with Gasteiger partial charge in [0, 0.05) is 6.54 Å². The lowest BCUT2D eigenvalue weighted by Crippen LogP contribution is -2.15. The van der Waals surface area contributed by atoms with Crippen LogP contribution in [0, 0.1) is 6.92 Å². The van der Waals surface area contributed by atoms with Crippen LogP contribution in [0.2, 0.25) is 0 Å². The molecule has 140 valence electrons. The lowest BCUT2D eigenvalue weighted by Gasteiger charge is -2.11. The Hall–Kier alpha value is -3.06. The summed E-state index contributed by atoms with van der Waals surface area (Å²) >= 11 is 0. The van der Waals surface area contributed by atoms with Crippen LogP contribution in [0.25, 0.3) is 0 Å². The number of sulfonamides is 1. The molecule has 0 saturated heterocycles. The average Bonchev–Trinajstić information content (AvgIpc) is 2.68. The van der Waals surface area contributed by atoms with Crippen molar-refractivity contribution in [3.8, 4) is 5.75 Å². The Morgan fingerprint density at radius 3 is 2.37 bits per heavy atom. The zero-order valence-corrected chi connectivity index (χ0v) is 16.0. The molecule has 1 heterocycles. The van der Waals surface area contributed by atoms with E-state index in [1.54, 1.807) is 56.6 Å². The van der Waals surface area contributed by atoms with E-state index < -0.39 is 10.0 Å². The van der Waals surface area contributed by atoms with Crippen LogP contribution < -0.4 is 14.8 Å². The topological polar surface area (TPSA) is 80.3 Å². The van der Waals surface area contributed by atoms with Crippen LogP contribution in [0.5, 0.6) is 5.75 Å². The number of hydrogen-bond acceptors (Lipinski definition) is 5. The maximum atomic E-state index is 12.5. The molecule has 0 saturated carbocycles. The molecule has 2 N–H and O–H groups in total. The number of methoxy groups -OCH3 is 1. The third-order valence-electron chi connectivity index (χ3n) is 4.04. The number of aromatic nitrogens is 1. The quantitative estimate of drug-likeness (QED) is 0.648. The molecule has 0 aliphatic carbocycles. The van der Waals surface area contributed by atoms with Crippen molar-refractivity contribution in [1.82, 2.24) is 4.98 Å². The molecule has 0 unspecified atom stereocenters. The zero-order chi connectivity index (χ0) is 19.3.